The molecule has 4 heteroatoms. The second-order valence-corrected chi connectivity index (χ2v) is 6.99. The van der Waals surface area contributed by atoms with E-state index in [1.807, 2.05) is 0 Å². The van der Waals surface area contributed by atoms with Crippen LogP contribution in [0.25, 0.3) is 0 Å². The van der Waals surface area contributed by atoms with Gasteiger partial charge in [-0.15, -0.1) is 0 Å². The number of hydrogen-bond acceptors (Lipinski definition) is 4. The van der Waals surface area contributed by atoms with Crippen LogP contribution in [0.3, 0.4) is 0 Å². The lowest BCUT2D eigenvalue weighted by Crippen LogP contribution is -2.24. The van der Waals surface area contributed by atoms with Gasteiger partial charge < -0.3 is 4.90 Å². The van der Waals surface area contributed by atoms with Gasteiger partial charge >= 0.3 is 0 Å². The number of aromatic nitrogens is 1. The molecule has 2 rings (SSSR count). The molecule has 1 saturated heterocycles. The van der Waals surface area contributed by atoms with E-state index in [1.165, 1.54) is 25.7 Å². The van der Waals surface area contributed by atoms with Gasteiger partial charge in [0.15, 0.2) is 11.4 Å². The molecule has 1 aliphatic heterocycles. The summed E-state index contributed by atoms with van der Waals surface area (Å²) >= 11 is 1.55. The van der Waals surface area contributed by atoms with Gasteiger partial charge in [-0.25, -0.2) is 4.98 Å². The van der Waals surface area contributed by atoms with Gasteiger partial charge in [-0.05, 0) is 12.8 Å². The number of aldehydes is 1. The lowest BCUT2D eigenvalue weighted by atomic mass is 9.91. The average Bonchev–Trinajstić information content (AvgIpc) is 2.57. The minimum absolute atomic E-state index is 0.0587. The van der Waals surface area contributed by atoms with Gasteiger partial charge in [0.1, 0.15) is 0 Å². The Bertz CT molecular complexity index is 412. The average molecular weight is 266 g/mol. The maximum Gasteiger partial charge on any atom is 0.186 e. The van der Waals surface area contributed by atoms with Gasteiger partial charge in [0.2, 0.25) is 0 Å². The van der Waals surface area contributed by atoms with E-state index in [0.29, 0.717) is 0 Å². The second kappa shape index (κ2) is 5.39. The Kier molecular flexibility index (Phi) is 4.05. The Morgan fingerprint density at radius 1 is 1.17 bits per heavy atom. The highest BCUT2D eigenvalue weighted by Gasteiger charge is 2.25. The Morgan fingerprint density at radius 2 is 1.78 bits per heavy atom. The summed E-state index contributed by atoms with van der Waals surface area (Å²) in [7, 11) is 0. The van der Waals surface area contributed by atoms with E-state index in [2.05, 4.69) is 25.7 Å². The first kappa shape index (κ1) is 13.5. The molecular formula is C14H22N2OS. The van der Waals surface area contributed by atoms with Crippen molar-refractivity contribution in [3.63, 3.8) is 0 Å². The van der Waals surface area contributed by atoms with Crippen LogP contribution in [-0.4, -0.2) is 24.4 Å². The summed E-state index contributed by atoms with van der Waals surface area (Å²) in [5.41, 5.74) is 0.887. The fourth-order valence-corrected chi connectivity index (χ4v) is 3.48. The number of nitrogens with zero attached hydrogens (tertiary/aromatic N) is 2. The minimum atomic E-state index is -0.0587. The van der Waals surface area contributed by atoms with Crippen molar-refractivity contribution in [2.45, 2.75) is 51.9 Å². The molecule has 100 valence electrons. The fraction of sp³-hybridized carbons (Fsp3) is 0.714. The summed E-state index contributed by atoms with van der Waals surface area (Å²) in [5.74, 6) is 0. The molecule has 0 atom stereocenters. The van der Waals surface area contributed by atoms with E-state index in [-0.39, 0.29) is 5.41 Å². The topological polar surface area (TPSA) is 33.2 Å². The predicted octanol–water partition coefficient (Wildman–Crippen LogP) is 3.63. The van der Waals surface area contributed by atoms with Crippen LogP contribution in [0.1, 0.15) is 61.8 Å². The smallest absolute Gasteiger partial charge is 0.186 e. The molecule has 0 saturated carbocycles. The van der Waals surface area contributed by atoms with Crippen molar-refractivity contribution in [3.8, 4) is 0 Å². The predicted molar refractivity (Wildman–Crippen MR) is 76.9 cm³/mol. The van der Waals surface area contributed by atoms with E-state index < -0.39 is 0 Å². The van der Waals surface area contributed by atoms with Crippen LogP contribution in [-0.2, 0) is 5.41 Å². The Hall–Kier alpha value is -0.900. The summed E-state index contributed by atoms with van der Waals surface area (Å²) in [4.78, 5) is 19.1. The third kappa shape index (κ3) is 2.91. The SMILES string of the molecule is CC(C)(C)c1nc(N2CCCCCC2)sc1C=O. The van der Waals surface area contributed by atoms with Crippen molar-refractivity contribution in [1.82, 2.24) is 4.98 Å². The second-order valence-electron chi connectivity index (χ2n) is 5.98. The number of thiazole rings is 1. The molecule has 1 aliphatic rings. The molecule has 3 nitrogen and oxygen atoms in total. The molecule has 0 amide bonds. The third-order valence-electron chi connectivity index (χ3n) is 3.34. The Labute approximate surface area is 113 Å². The van der Waals surface area contributed by atoms with Crippen LogP contribution >= 0.6 is 11.3 Å². The van der Waals surface area contributed by atoms with Crippen LogP contribution in [0.15, 0.2) is 0 Å². The van der Waals surface area contributed by atoms with E-state index in [4.69, 9.17) is 4.98 Å². The molecule has 1 aromatic heterocycles. The van der Waals surface area contributed by atoms with Crippen molar-refractivity contribution in [2.24, 2.45) is 0 Å². The van der Waals surface area contributed by atoms with E-state index in [1.54, 1.807) is 11.3 Å². The van der Waals surface area contributed by atoms with Crippen molar-refractivity contribution < 1.29 is 4.79 Å². The molecule has 0 radical (unpaired) electrons. The molecule has 0 aromatic carbocycles. The van der Waals surface area contributed by atoms with Crippen LogP contribution in [0.4, 0.5) is 5.13 Å². The number of rotatable bonds is 2. The van der Waals surface area contributed by atoms with Crippen molar-refractivity contribution in [3.05, 3.63) is 10.6 Å². The zero-order valence-electron chi connectivity index (χ0n) is 11.5. The van der Waals surface area contributed by atoms with Crippen LogP contribution < -0.4 is 4.90 Å². The molecule has 1 aromatic rings. The van der Waals surface area contributed by atoms with Crippen molar-refractivity contribution in [2.75, 3.05) is 18.0 Å². The lowest BCUT2D eigenvalue weighted by molar-refractivity contribution is 0.112. The zero-order valence-corrected chi connectivity index (χ0v) is 12.3. The molecule has 0 spiro atoms. The normalized spacial score (nSPS) is 17.6. The highest BCUT2D eigenvalue weighted by atomic mass is 32.1. The van der Waals surface area contributed by atoms with Crippen molar-refractivity contribution in [1.29, 1.82) is 0 Å². The van der Waals surface area contributed by atoms with Gasteiger partial charge in [0, 0.05) is 18.5 Å². The maximum atomic E-state index is 11.2. The lowest BCUT2D eigenvalue weighted by Gasteiger charge is -2.19. The zero-order chi connectivity index (χ0) is 13.2. The molecule has 0 aliphatic carbocycles. The highest BCUT2D eigenvalue weighted by molar-refractivity contribution is 7.17. The first-order chi connectivity index (χ1) is 8.52. The molecule has 0 N–H and O–H groups in total. The molecule has 0 bridgehead atoms. The van der Waals surface area contributed by atoms with Gasteiger partial charge in [0.25, 0.3) is 0 Å². The molecule has 0 unspecified atom stereocenters. The summed E-state index contributed by atoms with van der Waals surface area (Å²) in [6.45, 7) is 8.49. The molecular weight excluding hydrogens is 244 g/mol. The minimum Gasteiger partial charge on any atom is -0.348 e. The number of hydrogen-bond donors (Lipinski definition) is 0. The van der Waals surface area contributed by atoms with Gasteiger partial charge in [0.05, 0.1) is 10.6 Å². The molecule has 1 fully saturated rings. The number of anilines is 1. The van der Waals surface area contributed by atoms with Crippen LogP contribution in [0, 0.1) is 0 Å². The quantitative estimate of drug-likeness (QED) is 0.766. The standard InChI is InChI=1S/C14H22N2OS/c1-14(2,3)12-11(10-17)18-13(15-12)16-8-6-4-5-7-9-16/h10H,4-9H2,1-3H3. The Balaban J connectivity index is 2.28. The van der Waals surface area contributed by atoms with Gasteiger partial charge in [-0.3, -0.25) is 4.79 Å². The first-order valence-corrected chi connectivity index (χ1v) is 7.55. The monoisotopic (exact) mass is 266 g/mol. The number of carbonyl (C=O) groups is 1. The molecule has 18 heavy (non-hydrogen) atoms. The summed E-state index contributed by atoms with van der Waals surface area (Å²) in [6, 6.07) is 0. The summed E-state index contributed by atoms with van der Waals surface area (Å²) in [6.07, 6.45) is 6.06. The maximum absolute atomic E-state index is 11.2. The van der Waals surface area contributed by atoms with Gasteiger partial charge in [-0.1, -0.05) is 44.9 Å². The summed E-state index contributed by atoms with van der Waals surface area (Å²) in [5, 5.41) is 1.03. The van der Waals surface area contributed by atoms with Crippen LogP contribution in [0.2, 0.25) is 0 Å². The van der Waals surface area contributed by atoms with E-state index in [9.17, 15) is 4.79 Å². The number of carbonyl (C=O) groups excluding carboxylic acids is 1. The Morgan fingerprint density at radius 3 is 2.22 bits per heavy atom. The first-order valence-electron chi connectivity index (χ1n) is 6.74. The van der Waals surface area contributed by atoms with Gasteiger partial charge in [-0.2, -0.15) is 0 Å². The fourth-order valence-electron chi connectivity index (χ4n) is 2.33. The van der Waals surface area contributed by atoms with Crippen LogP contribution in [0.5, 0.6) is 0 Å². The van der Waals surface area contributed by atoms with E-state index >= 15 is 0 Å². The highest BCUT2D eigenvalue weighted by Crippen LogP contribution is 2.33. The molecule has 2 heterocycles. The summed E-state index contributed by atoms with van der Waals surface area (Å²) < 4.78 is 0. The third-order valence-corrected chi connectivity index (χ3v) is 4.38. The largest absolute Gasteiger partial charge is 0.348 e. The van der Waals surface area contributed by atoms with E-state index in [0.717, 1.165) is 35.1 Å². The van der Waals surface area contributed by atoms with Crippen molar-refractivity contribution >= 4 is 22.8 Å².